The normalized spacial score (nSPS) is 10.3. The number of amides is 1. The first-order valence-corrected chi connectivity index (χ1v) is 7.97. The Morgan fingerprint density at radius 1 is 1.08 bits per heavy atom. The highest BCUT2D eigenvalue weighted by Gasteiger charge is 2.16. The molecule has 3 rings (SSSR count). The smallest absolute Gasteiger partial charge is 0.259 e. The number of nitrogen functional groups attached to an aromatic ring is 1. The van der Waals surface area contributed by atoms with Crippen LogP contribution in [0.15, 0.2) is 60.7 Å². The van der Waals surface area contributed by atoms with Crippen molar-refractivity contribution in [3.8, 4) is 11.5 Å². The largest absolute Gasteiger partial charge is 0.457 e. The molecule has 0 bridgehead atoms. The highest BCUT2D eigenvalue weighted by Crippen LogP contribution is 2.24. The molecule has 0 fully saturated rings. The average molecular weight is 354 g/mol. The molecule has 3 N–H and O–H groups in total. The van der Waals surface area contributed by atoms with Crippen molar-refractivity contribution in [1.82, 2.24) is 4.98 Å². The Labute approximate surface area is 150 Å². The quantitative estimate of drug-likeness (QED) is 0.668. The van der Waals surface area contributed by atoms with Crippen LogP contribution in [-0.4, -0.2) is 10.9 Å². The first-order chi connectivity index (χ1) is 12.0. The van der Waals surface area contributed by atoms with Crippen molar-refractivity contribution in [2.75, 3.05) is 11.1 Å². The minimum atomic E-state index is -0.341. The van der Waals surface area contributed by atoms with Crippen LogP contribution in [0.5, 0.6) is 11.5 Å². The molecule has 0 saturated heterocycles. The predicted octanol–water partition coefficient (Wildman–Crippen LogP) is 4.67. The molecule has 25 heavy (non-hydrogen) atoms. The van der Waals surface area contributed by atoms with E-state index < -0.39 is 0 Å². The van der Waals surface area contributed by atoms with E-state index in [0.29, 0.717) is 22.6 Å². The molecule has 0 atom stereocenters. The van der Waals surface area contributed by atoms with E-state index in [0.717, 1.165) is 5.75 Å². The topological polar surface area (TPSA) is 77.2 Å². The first-order valence-electron chi connectivity index (χ1n) is 7.60. The summed E-state index contributed by atoms with van der Waals surface area (Å²) in [6.07, 6.45) is 0. The molecule has 0 aliphatic rings. The maximum atomic E-state index is 12.4. The van der Waals surface area contributed by atoms with Gasteiger partial charge >= 0.3 is 0 Å². The van der Waals surface area contributed by atoms with Gasteiger partial charge < -0.3 is 15.8 Å². The minimum absolute atomic E-state index is 0.0824. The average Bonchev–Trinajstić information content (AvgIpc) is 2.56. The number of nitrogens with one attached hydrogen (secondary N) is 1. The Bertz CT molecular complexity index is 873. The molecule has 0 aliphatic carbocycles. The number of carbonyl (C=O) groups excluding carboxylic acids is 1. The highest BCUT2D eigenvalue weighted by atomic mass is 35.5. The lowest BCUT2D eigenvalue weighted by Gasteiger charge is -2.10. The maximum absolute atomic E-state index is 12.4. The summed E-state index contributed by atoms with van der Waals surface area (Å²) in [5, 5.41) is 2.87. The summed E-state index contributed by atoms with van der Waals surface area (Å²) in [6, 6.07) is 18.1. The zero-order chi connectivity index (χ0) is 17.8. The van der Waals surface area contributed by atoms with Gasteiger partial charge in [0.2, 0.25) is 0 Å². The van der Waals surface area contributed by atoms with Crippen molar-refractivity contribution in [2.45, 2.75) is 6.92 Å². The van der Waals surface area contributed by atoms with E-state index in [4.69, 9.17) is 22.1 Å². The number of benzene rings is 2. The SMILES string of the molecule is Cc1cc(N)nc(Cl)c1C(=O)Nc1ccc(Oc2ccccc2)cc1. The summed E-state index contributed by atoms with van der Waals surface area (Å²) in [6.45, 7) is 1.76. The number of hydrogen-bond donors (Lipinski definition) is 2. The van der Waals surface area contributed by atoms with Crippen LogP contribution < -0.4 is 15.8 Å². The molecule has 5 nitrogen and oxygen atoms in total. The van der Waals surface area contributed by atoms with E-state index in [2.05, 4.69) is 10.3 Å². The molecule has 2 aromatic carbocycles. The van der Waals surface area contributed by atoms with Gasteiger partial charge in [0, 0.05) is 5.69 Å². The van der Waals surface area contributed by atoms with Crippen molar-refractivity contribution in [1.29, 1.82) is 0 Å². The van der Waals surface area contributed by atoms with E-state index >= 15 is 0 Å². The lowest BCUT2D eigenvalue weighted by molar-refractivity contribution is 0.102. The Morgan fingerprint density at radius 2 is 1.72 bits per heavy atom. The number of halogens is 1. The molecule has 6 heteroatoms. The van der Waals surface area contributed by atoms with Crippen LogP contribution in [0.1, 0.15) is 15.9 Å². The van der Waals surface area contributed by atoms with Gasteiger partial charge in [-0.15, -0.1) is 0 Å². The molecular weight excluding hydrogens is 338 g/mol. The van der Waals surface area contributed by atoms with Crippen LogP contribution in [0.3, 0.4) is 0 Å². The molecule has 126 valence electrons. The number of ether oxygens (including phenoxy) is 1. The Hall–Kier alpha value is -3.05. The number of rotatable bonds is 4. The molecule has 0 spiro atoms. The standard InChI is InChI=1S/C19H16ClN3O2/c1-12-11-16(21)23-18(20)17(12)19(24)22-13-7-9-15(10-8-13)25-14-5-3-2-4-6-14/h2-11H,1H3,(H2,21,23)(H,22,24). The molecule has 1 aromatic heterocycles. The fourth-order valence-corrected chi connectivity index (χ4v) is 2.69. The Balaban J connectivity index is 1.72. The van der Waals surface area contributed by atoms with Gasteiger partial charge in [-0.1, -0.05) is 29.8 Å². The number of hydrogen-bond acceptors (Lipinski definition) is 4. The van der Waals surface area contributed by atoms with Crippen LogP contribution in [-0.2, 0) is 0 Å². The number of nitrogens with two attached hydrogens (primary N) is 1. The second-order valence-electron chi connectivity index (χ2n) is 5.42. The fourth-order valence-electron chi connectivity index (χ4n) is 2.36. The fraction of sp³-hybridized carbons (Fsp3) is 0.0526. The van der Waals surface area contributed by atoms with Crippen molar-refractivity contribution < 1.29 is 9.53 Å². The summed E-state index contributed by atoms with van der Waals surface area (Å²) in [4.78, 5) is 16.4. The van der Waals surface area contributed by atoms with Gasteiger partial charge in [0.05, 0.1) is 5.56 Å². The van der Waals surface area contributed by atoms with Gasteiger partial charge in [0.25, 0.3) is 5.91 Å². The predicted molar refractivity (Wildman–Crippen MR) is 99.3 cm³/mol. The number of aromatic nitrogens is 1. The molecule has 0 unspecified atom stereocenters. The Kier molecular flexibility index (Phi) is 4.86. The molecule has 0 saturated carbocycles. The molecule has 1 amide bonds. The minimum Gasteiger partial charge on any atom is -0.457 e. The third-order valence-corrected chi connectivity index (χ3v) is 3.78. The zero-order valence-electron chi connectivity index (χ0n) is 13.5. The van der Waals surface area contributed by atoms with E-state index in [1.807, 2.05) is 30.3 Å². The van der Waals surface area contributed by atoms with E-state index in [1.54, 1.807) is 37.3 Å². The van der Waals surface area contributed by atoms with E-state index in [-0.39, 0.29) is 16.9 Å². The summed E-state index contributed by atoms with van der Waals surface area (Å²) in [7, 11) is 0. The van der Waals surface area contributed by atoms with Gasteiger partial charge in [-0.2, -0.15) is 0 Å². The third kappa shape index (κ3) is 4.08. The maximum Gasteiger partial charge on any atom is 0.259 e. The number of carbonyl (C=O) groups is 1. The summed E-state index contributed by atoms with van der Waals surface area (Å²) < 4.78 is 5.72. The number of nitrogens with zero attached hydrogens (tertiary/aromatic N) is 1. The number of anilines is 2. The van der Waals surface area contributed by atoms with Crippen molar-refractivity contribution in [2.24, 2.45) is 0 Å². The number of pyridine rings is 1. The van der Waals surface area contributed by atoms with Crippen molar-refractivity contribution >= 4 is 29.0 Å². The first kappa shape index (κ1) is 16.8. The third-order valence-electron chi connectivity index (χ3n) is 3.51. The van der Waals surface area contributed by atoms with Crippen LogP contribution in [0, 0.1) is 6.92 Å². The van der Waals surface area contributed by atoms with Gasteiger partial charge in [-0.3, -0.25) is 4.79 Å². The van der Waals surface area contributed by atoms with Crippen LogP contribution in [0.25, 0.3) is 0 Å². The lowest BCUT2D eigenvalue weighted by atomic mass is 10.1. The second-order valence-corrected chi connectivity index (χ2v) is 5.78. The summed E-state index contributed by atoms with van der Waals surface area (Å²) in [5.41, 5.74) is 7.21. The van der Waals surface area contributed by atoms with Crippen molar-refractivity contribution in [3.05, 3.63) is 76.9 Å². The summed E-state index contributed by atoms with van der Waals surface area (Å²) in [5.74, 6) is 1.36. The van der Waals surface area contributed by atoms with Crippen LogP contribution in [0.2, 0.25) is 5.15 Å². The number of para-hydroxylation sites is 1. The Morgan fingerprint density at radius 3 is 2.36 bits per heavy atom. The van der Waals surface area contributed by atoms with Crippen molar-refractivity contribution in [3.63, 3.8) is 0 Å². The van der Waals surface area contributed by atoms with Gasteiger partial charge in [0.1, 0.15) is 22.5 Å². The lowest BCUT2D eigenvalue weighted by Crippen LogP contribution is -2.15. The molecule has 3 aromatic rings. The molecule has 0 aliphatic heterocycles. The summed E-state index contributed by atoms with van der Waals surface area (Å²) >= 11 is 6.04. The van der Waals surface area contributed by atoms with Crippen LogP contribution >= 0.6 is 11.6 Å². The second kappa shape index (κ2) is 7.23. The van der Waals surface area contributed by atoms with Gasteiger partial charge in [-0.25, -0.2) is 4.98 Å². The molecule has 0 radical (unpaired) electrons. The number of aryl methyl sites for hydroxylation is 1. The van der Waals surface area contributed by atoms with Gasteiger partial charge in [-0.05, 0) is 55.0 Å². The van der Waals surface area contributed by atoms with E-state index in [9.17, 15) is 4.79 Å². The van der Waals surface area contributed by atoms with Crippen LogP contribution in [0.4, 0.5) is 11.5 Å². The van der Waals surface area contributed by atoms with E-state index in [1.165, 1.54) is 0 Å². The highest BCUT2D eigenvalue weighted by molar-refractivity contribution is 6.33. The molecule has 1 heterocycles. The molecular formula is C19H16ClN3O2. The monoisotopic (exact) mass is 353 g/mol. The zero-order valence-corrected chi connectivity index (χ0v) is 14.2. The van der Waals surface area contributed by atoms with Gasteiger partial charge in [0.15, 0.2) is 0 Å².